The van der Waals surface area contributed by atoms with Crippen LogP contribution in [0.15, 0.2) is 84.3 Å². The first-order valence-electron chi connectivity index (χ1n) is 11.0. The maximum absolute atomic E-state index is 9.55. The Kier molecular flexibility index (Phi) is 8.80. The summed E-state index contributed by atoms with van der Waals surface area (Å²) in [5, 5.41) is 15.6. The number of fused-ring (bicyclic) bond motifs is 2. The summed E-state index contributed by atoms with van der Waals surface area (Å²) in [6.07, 6.45) is 7.65. The second-order valence-corrected chi connectivity index (χ2v) is 7.88. The van der Waals surface area contributed by atoms with Crippen molar-refractivity contribution in [1.82, 2.24) is 14.9 Å². The van der Waals surface area contributed by atoms with Crippen LogP contribution in [0.5, 0.6) is 0 Å². The molecular weight excluding hydrogens is 446 g/mol. The molecule has 0 saturated heterocycles. The molecule has 9 heteroatoms. The minimum atomic E-state index is -1.26. The van der Waals surface area contributed by atoms with Crippen LogP contribution in [0.4, 0.5) is 17.2 Å². The Balaban J connectivity index is 0.000000371. The Hall–Kier alpha value is -4.37. The number of benzene rings is 1. The van der Waals surface area contributed by atoms with Crippen molar-refractivity contribution in [2.75, 3.05) is 32.1 Å². The molecule has 9 nitrogen and oxygen atoms in total. The fraction of sp³-hybridized carbons (Fsp3) is 0.192. The van der Waals surface area contributed by atoms with Crippen molar-refractivity contribution < 1.29 is 19.8 Å². The third-order valence-corrected chi connectivity index (χ3v) is 4.99. The molecule has 0 fully saturated rings. The van der Waals surface area contributed by atoms with Gasteiger partial charge in [-0.2, -0.15) is 0 Å². The number of anilines is 2. The summed E-state index contributed by atoms with van der Waals surface area (Å²) in [5.41, 5.74) is 5.07. The second kappa shape index (κ2) is 12.2. The Morgan fingerprint density at radius 3 is 2.34 bits per heavy atom. The van der Waals surface area contributed by atoms with Crippen LogP contribution in [0, 0.1) is 0 Å². The van der Waals surface area contributed by atoms with Crippen molar-refractivity contribution in [2.24, 2.45) is 4.99 Å². The van der Waals surface area contributed by atoms with Gasteiger partial charge in [0, 0.05) is 48.4 Å². The minimum Gasteiger partial charge on any atom is -0.478 e. The molecule has 1 aliphatic rings. The molecule has 2 N–H and O–H groups in total. The van der Waals surface area contributed by atoms with Crippen molar-refractivity contribution in [2.45, 2.75) is 6.42 Å². The number of para-hydroxylation sites is 1. The van der Waals surface area contributed by atoms with E-state index >= 15 is 0 Å². The molecule has 0 atom stereocenters. The summed E-state index contributed by atoms with van der Waals surface area (Å²) >= 11 is 0. The number of nitrogens with zero attached hydrogens (tertiary/aromatic N) is 5. The third-order valence-electron chi connectivity index (χ3n) is 4.99. The van der Waals surface area contributed by atoms with Crippen LogP contribution in [-0.4, -0.2) is 69.9 Å². The average molecular weight is 474 g/mol. The zero-order valence-corrected chi connectivity index (χ0v) is 19.6. The number of aliphatic imine (C=N–C) groups is 1. The van der Waals surface area contributed by atoms with Crippen LogP contribution in [-0.2, 0) is 9.59 Å². The van der Waals surface area contributed by atoms with E-state index in [1.807, 2.05) is 30.6 Å². The lowest BCUT2D eigenvalue weighted by atomic mass is 10.0. The number of rotatable bonds is 7. The smallest absolute Gasteiger partial charge is 0.328 e. The topological polar surface area (TPSA) is 119 Å². The first-order valence-corrected chi connectivity index (χ1v) is 11.0. The highest BCUT2D eigenvalue weighted by Crippen LogP contribution is 2.38. The zero-order chi connectivity index (χ0) is 25.2. The molecule has 0 spiro atoms. The molecular formula is C26H27N5O4. The van der Waals surface area contributed by atoms with E-state index in [0.717, 1.165) is 53.5 Å². The van der Waals surface area contributed by atoms with Crippen LogP contribution in [0.3, 0.4) is 0 Å². The quantitative estimate of drug-likeness (QED) is 0.498. The van der Waals surface area contributed by atoms with Gasteiger partial charge in [0.15, 0.2) is 5.82 Å². The first-order chi connectivity index (χ1) is 16.9. The molecule has 3 aromatic rings. The molecule has 1 aliphatic heterocycles. The van der Waals surface area contributed by atoms with E-state index in [1.165, 1.54) is 0 Å². The molecule has 180 valence electrons. The fourth-order valence-corrected chi connectivity index (χ4v) is 3.52. The van der Waals surface area contributed by atoms with Gasteiger partial charge in [-0.15, -0.1) is 0 Å². The molecule has 0 saturated carbocycles. The molecule has 2 aromatic heterocycles. The number of hydrogen-bond donors (Lipinski definition) is 2. The molecule has 0 bridgehead atoms. The molecule has 0 aliphatic carbocycles. The van der Waals surface area contributed by atoms with E-state index in [1.54, 1.807) is 6.20 Å². The van der Waals surface area contributed by atoms with Gasteiger partial charge in [0.25, 0.3) is 0 Å². The fourth-order valence-electron chi connectivity index (χ4n) is 3.52. The second-order valence-electron chi connectivity index (χ2n) is 7.88. The van der Waals surface area contributed by atoms with E-state index in [2.05, 4.69) is 64.2 Å². The van der Waals surface area contributed by atoms with E-state index < -0.39 is 11.9 Å². The average Bonchev–Trinajstić information content (AvgIpc) is 2.99. The van der Waals surface area contributed by atoms with E-state index in [-0.39, 0.29) is 0 Å². The number of aromatic nitrogens is 2. The van der Waals surface area contributed by atoms with Crippen LogP contribution in [0.2, 0.25) is 0 Å². The highest BCUT2D eigenvalue weighted by Gasteiger charge is 2.24. The molecule has 3 heterocycles. The lowest BCUT2D eigenvalue weighted by Gasteiger charge is -2.26. The molecule has 0 unspecified atom stereocenters. The van der Waals surface area contributed by atoms with E-state index in [4.69, 9.17) is 15.2 Å². The number of aliphatic carboxylic acids is 2. The summed E-state index contributed by atoms with van der Waals surface area (Å²) in [4.78, 5) is 37.6. The normalized spacial score (nSPS) is 12.2. The summed E-state index contributed by atoms with van der Waals surface area (Å²) in [6.45, 7) is 1.91. The summed E-state index contributed by atoms with van der Waals surface area (Å²) < 4.78 is 0. The Bertz CT molecular complexity index is 1210. The monoisotopic (exact) mass is 473 g/mol. The van der Waals surface area contributed by atoms with Crippen molar-refractivity contribution in [3.05, 3.63) is 90.4 Å². The van der Waals surface area contributed by atoms with Crippen molar-refractivity contribution >= 4 is 34.8 Å². The number of pyridine rings is 2. The van der Waals surface area contributed by atoms with Crippen LogP contribution in [0.1, 0.15) is 17.5 Å². The lowest BCUT2D eigenvalue weighted by molar-refractivity contribution is -0.134. The maximum Gasteiger partial charge on any atom is 0.328 e. The molecule has 4 rings (SSSR count). The van der Waals surface area contributed by atoms with Gasteiger partial charge in [-0.25, -0.2) is 19.6 Å². The predicted octanol–water partition coefficient (Wildman–Crippen LogP) is 3.76. The molecule has 0 amide bonds. The van der Waals surface area contributed by atoms with Crippen molar-refractivity contribution in [1.29, 1.82) is 0 Å². The SMILES string of the molecule is CN(C)CCCN1c2ccccc2C(c2cccnc2)=Nc2cccnc21.O=C(O)C=CC(=O)O. The lowest BCUT2D eigenvalue weighted by Crippen LogP contribution is -2.24. The zero-order valence-electron chi connectivity index (χ0n) is 19.6. The third kappa shape index (κ3) is 7.05. The van der Waals surface area contributed by atoms with Gasteiger partial charge in [0.2, 0.25) is 0 Å². The van der Waals surface area contributed by atoms with E-state index in [0.29, 0.717) is 12.2 Å². The summed E-state index contributed by atoms with van der Waals surface area (Å²) in [6, 6.07) is 16.4. The molecule has 35 heavy (non-hydrogen) atoms. The highest BCUT2D eigenvalue weighted by molar-refractivity contribution is 6.18. The van der Waals surface area contributed by atoms with Gasteiger partial charge in [0.05, 0.1) is 11.4 Å². The van der Waals surface area contributed by atoms with Crippen molar-refractivity contribution in [3.8, 4) is 0 Å². The summed E-state index contributed by atoms with van der Waals surface area (Å²) in [5.74, 6) is -1.61. The largest absolute Gasteiger partial charge is 0.478 e. The standard InChI is InChI=1S/C22H23N5.C4H4O4/c1-26(2)14-7-15-27-20-11-4-3-9-18(20)21(17-8-5-12-23-16-17)25-19-10-6-13-24-22(19)27;5-3(6)1-2-4(7)8/h3-6,8-13,16H,7,14-15H2,1-2H3;1-2H,(H,5,6)(H,7,8). The van der Waals surface area contributed by atoms with Gasteiger partial charge >= 0.3 is 11.9 Å². The Morgan fingerprint density at radius 2 is 1.69 bits per heavy atom. The Labute approximate surface area is 203 Å². The van der Waals surface area contributed by atoms with Crippen molar-refractivity contribution in [3.63, 3.8) is 0 Å². The number of carboxylic acids is 2. The summed E-state index contributed by atoms with van der Waals surface area (Å²) in [7, 11) is 4.21. The van der Waals surface area contributed by atoms with Gasteiger partial charge in [-0.3, -0.25) is 4.98 Å². The molecule has 0 radical (unpaired) electrons. The van der Waals surface area contributed by atoms with Crippen LogP contribution in [0.25, 0.3) is 0 Å². The number of carboxylic acid groups (broad SMARTS) is 2. The number of carbonyl (C=O) groups is 2. The number of hydrogen-bond acceptors (Lipinski definition) is 7. The van der Waals surface area contributed by atoms with Gasteiger partial charge in [-0.1, -0.05) is 18.2 Å². The maximum atomic E-state index is 9.55. The van der Waals surface area contributed by atoms with Gasteiger partial charge < -0.3 is 20.0 Å². The van der Waals surface area contributed by atoms with E-state index in [9.17, 15) is 9.59 Å². The van der Waals surface area contributed by atoms with Crippen LogP contribution >= 0.6 is 0 Å². The highest BCUT2D eigenvalue weighted by atomic mass is 16.4. The Morgan fingerprint density at radius 1 is 0.971 bits per heavy atom. The van der Waals surface area contributed by atoms with Crippen LogP contribution < -0.4 is 4.90 Å². The first kappa shape index (κ1) is 25.3. The minimum absolute atomic E-state index is 0.558. The molecule has 1 aromatic carbocycles. The van der Waals surface area contributed by atoms with Gasteiger partial charge in [-0.05, 0) is 57.4 Å². The predicted molar refractivity (Wildman–Crippen MR) is 135 cm³/mol. The van der Waals surface area contributed by atoms with Gasteiger partial charge in [0.1, 0.15) is 5.69 Å².